The zero-order chi connectivity index (χ0) is 8.27. The second kappa shape index (κ2) is 3.28. The van der Waals surface area contributed by atoms with Crippen molar-refractivity contribution in [1.29, 1.82) is 0 Å². The molecule has 0 amide bonds. The van der Waals surface area contributed by atoms with Crippen LogP contribution in [0.3, 0.4) is 0 Å². The number of rotatable bonds is 2. The van der Waals surface area contributed by atoms with Crippen LogP contribution >= 0.6 is 0 Å². The molecule has 0 aromatic carbocycles. The molecular weight excluding hydrogens is 136 g/mol. The lowest BCUT2D eigenvalue weighted by Crippen LogP contribution is -2.02. The topological polar surface area (TPSA) is 24.7 Å². The maximum atomic E-state index is 4.29. The van der Waals surface area contributed by atoms with E-state index in [4.69, 9.17) is 0 Å². The van der Waals surface area contributed by atoms with Gasteiger partial charge in [0.15, 0.2) is 0 Å². The third-order valence-corrected chi connectivity index (χ3v) is 1.43. The lowest BCUT2D eigenvalue weighted by molar-refractivity contribution is 0.815. The Labute approximate surface area is 67.1 Å². The van der Waals surface area contributed by atoms with Crippen molar-refractivity contribution in [2.45, 2.75) is 20.0 Å². The van der Waals surface area contributed by atoms with Crippen LogP contribution in [-0.4, -0.2) is 17.6 Å². The van der Waals surface area contributed by atoms with Gasteiger partial charge in [-0.25, -0.2) is 0 Å². The van der Waals surface area contributed by atoms with Crippen molar-refractivity contribution in [3.05, 3.63) is 24.8 Å². The Balaban J connectivity index is 2.88. The molecule has 1 aliphatic rings. The third-order valence-electron chi connectivity index (χ3n) is 1.43. The van der Waals surface area contributed by atoms with Crippen molar-refractivity contribution in [3.8, 4) is 0 Å². The maximum Gasteiger partial charge on any atom is 0.138 e. The highest BCUT2D eigenvalue weighted by atomic mass is 15.0. The second-order valence-electron chi connectivity index (χ2n) is 2.36. The normalized spacial score (nSPS) is 23.6. The summed E-state index contributed by atoms with van der Waals surface area (Å²) in [6.45, 7) is 7.59. The number of nitrogens with zero attached hydrogens (tertiary/aromatic N) is 2. The molecule has 0 N–H and O–H groups in total. The Morgan fingerprint density at radius 2 is 2.00 bits per heavy atom. The number of hydrogen-bond donors (Lipinski definition) is 0. The van der Waals surface area contributed by atoms with Crippen LogP contribution in [0.2, 0.25) is 0 Å². The van der Waals surface area contributed by atoms with Crippen molar-refractivity contribution >= 4 is 11.4 Å². The Bertz CT molecular complexity index is 246. The van der Waals surface area contributed by atoms with Gasteiger partial charge >= 0.3 is 0 Å². The highest BCUT2D eigenvalue weighted by Crippen LogP contribution is 2.06. The predicted octanol–water partition coefficient (Wildman–Crippen LogP) is 1.99. The minimum atomic E-state index is 0.0641. The molecular formula is C9H12N2. The van der Waals surface area contributed by atoms with Gasteiger partial charge in [-0.1, -0.05) is 12.7 Å². The summed E-state index contributed by atoms with van der Waals surface area (Å²) >= 11 is 0. The summed E-state index contributed by atoms with van der Waals surface area (Å²) in [4.78, 5) is 8.54. The molecule has 1 rings (SSSR count). The summed E-state index contributed by atoms with van der Waals surface area (Å²) in [6.07, 6.45) is 5.71. The minimum Gasteiger partial charge on any atom is -0.257 e. The van der Waals surface area contributed by atoms with Crippen LogP contribution in [0, 0.1) is 0 Å². The molecule has 1 unspecified atom stereocenters. The van der Waals surface area contributed by atoms with Crippen LogP contribution in [0.5, 0.6) is 0 Å². The first-order chi connectivity index (χ1) is 5.27. The molecule has 0 bridgehead atoms. The fourth-order valence-electron chi connectivity index (χ4n) is 1.01. The van der Waals surface area contributed by atoms with Gasteiger partial charge in [-0.2, -0.15) is 0 Å². The van der Waals surface area contributed by atoms with Crippen LogP contribution in [0.4, 0.5) is 0 Å². The predicted molar refractivity (Wildman–Crippen MR) is 49.3 cm³/mol. The SMILES string of the molecule is C=CC1=NC(C)N=C1/C=C\C. The molecule has 1 atom stereocenters. The van der Waals surface area contributed by atoms with E-state index in [1.807, 2.05) is 26.0 Å². The molecule has 0 fully saturated rings. The van der Waals surface area contributed by atoms with Crippen LogP contribution < -0.4 is 0 Å². The van der Waals surface area contributed by atoms with Gasteiger partial charge in [0.2, 0.25) is 0 Å². The van der Waals surface area contributed by atoms with E-state index < -0.39 is 0 Å². The molecule has 1 heterocycles. The average Bonchev–Trinajstić information content (AvgIpc) is 2.32. The molecule has 1 aliphatic heterocycles. The Morgan fingerprint density at radius 1 is 1.36 bits per heavy atom. The van der Waals surface area contributed by atoms with E-state index in [0.717, 1.165) is 11.4 Å². The molecule has 0 radical (unpaired) electrons. The van der Waals surface area contributed by atoms with Crippen LogP contribution in [0.25, 0.3) is 0 Å². The monoisotopic (exact) mass is 148 g/mol. The molecule has 2 heteroatoms. The first-order valence-electron chi connectivity index (χ1n) is 3.69. The molecule has 0 aromatic heterocycles. The van der Waals surface area contributed by atoms with Crippen molar-refractivity contribution in [1.82, 2.24) is 0 Å². The zero-order valence-corrected chi connectivity index (χ0v) is 6.91. The Hall–Kier alpha value is -1.18. The van der Waals surface area contributed by atoms with Crippen molar-refractivity contribution in [2.24, 2.45) is 9.98 Å². The standard InChI is InChI=1S/C9H12N2/c1-4-6-9-8(5-2)10-7(3)11-9/h4-7H,2H2,1,3H3/b6-4-. The zero-order valence-electron chi connectivity index (χ0n) is 6.91. The number of hydrogen-bond acceptors (Lipinski definition) is 2. The molecule has 0 saturated carbocycles. The summed E-state index contributed by atoms with van der Waals surface area (Å²) in [5.74, 6) is 0. The summed E-state index contributed by atoms with van der Waals surface area (Å²) in [6, 6.07) is 0. The van der Waals surface area contributed by atoms with E-state index in [1.54, 1.807) is 6.08 Å². The first kappa shape index (κ1) is 7.92. The maximum absolute atomic E-state index is 4.29. The fourth-order valence-corrected chi connectivity index (χ4v) is 1.01. The van der Waals surface area contributed by atoms with E-state index in [0.29, 0.717) is 0 Å². The summed E-state index contributed by atoms with van der Waals surface area (Å²) in [5.41, 5.74) is 1.84. The Kier molecular flexibility index (Phi) is 2.36. The summed E-state index contributed by atoms with van der Waals surface area (Å²) < 4.78 is 0. The molecule has 58 valence electrons. The summed E-state index contributed by atoms with van der Waals surface area (Å²) in [5, 5.41) is 0. The minimum absolute atomic E-state index is 0.0641. The van der Waals surface area contributed by atoms with Gasteiger partial charge in [0.05, 0.1) is 11.4 Å². The number of allylic oxidation sites excluding steroid dienone is 3. The van der Waals surface area contributed by atoms with E-state index >= 15 is 0 Å². The van der Waals surface area contributed by atoms with E-state index in [9.17, 15) is 0 Å². The molecule has 0 saturated heterocycles. The van der Waals surface area contributed by atoms with E-state index in [-0.39, 0.29) is 6.17 Å². The highest BCUT2D eigenvalue weighted by Gasteiger charge is 2.11. The van der Waals surface area contributed by atoms with E-state index in [2.05, 4.69) is 16.6 Å². The second-order valence-corrected chi connectivity index (χ2v) is 2.36. The first-order valence-corrected chi connectivity index (χ1v) is 3.69. The fraction of sp³-hybridized carbons (Fsp3) is 0.333. The van der Waals surface area contributed by atoms with Gasteiger partial charge in [-0.3, -0.25) is 9.98 Å². The van der Waals surface area contributed by atoms with Gasteiger partial charge in [0.25, 0.3) is 0 Å². The molecule has 2 nitrogen and oxygen atoms in total. The molecule has 0 aliphatic carbocycles. The highest BCUT2D eigenvalue weighted by molar-refractivity contribution is 6.51. The smallest absolute Gasteiger partial charge is 0.138 e. The van der Waals surface area contributed by atoms with Gasteiger partial charge in [0.1, 0.15) is 6.17 Å². The van der Waals surface area contributed by atoms with Crippen molar-refractivity contribution in [2.75, 3.05) is 0 Å². The van der Waals surface area contributed by atoms with Gasteiger partial charge in [-0.15, -0.1) is 0 Å². The third kappa shape index (κ3) is 1.64. The van der Waals surface area contributed by atoms with Gasteiger partial charge < -0.3 is 0 Å². The van der Waals surface area contributed by atoms with Crippen LogP contribution in [0.15, 0.2) is 34.8 Å². The lowest BCUT2D eigenvalue weighted by Gasteiger charge is -1.89. The summed E-state index contributed by atoms with van der Waals surface area (Å²) in [7, 11) is 0. The van der Waals surface area contributed by atoms with Crippen LogP contribution in [-0.2, 0) is 0 Å². The largest absolute Gasteiger partial charge is 0.257 e. The van der Waals surface area contributed by atoms with E-state index in [1.165, 1.54) is 0 Å². The van der Waals surface area contributed by atoms with Gasteiger partial charge in [-0.05, 0) is 26.0 Å². The number of aliphatic imine (C=N–C) groups is 2. The molecule has 0 spiro atoms. The van der Waals surface area contributed by atoms with Crippen LogP contribution in [0.1, 0.15) is 13.8 Å². The average molecular weight is 148 g/mol. The van der Waals surface area contributed by atoms with Crippen molar-refractivity contribution < 1.29 is 0 Å². The lowest BCUT2D eigenvalue weighted by atomic mass is 10.2. The molecule has 0 aromatic rings. The Morgan fingerprint density at radius 3 is 2.55 bits per heavy atom. The molecule has 11 heavy (non-hydrogen) atoms. The van der Waals surface area contributed by atoms with Gasteiger partial charge in [0, 0.05) is 0 Å². The van der Waals surface area contributed by atoms with Crippen molar-refractivity contribution in [3.63, 3.8) is 0 Å². The quantitative estimate of drug-likeness (QED) is 0.572.